The Kier molecular flexibility index (Phi) is 3.93. The van der Waals surface area contributed by atoms with Crippen LogP contribution in [0.2, 0.25) is 0 Å². The number of carbonyl (C=O) groups is 2. The molecule has 1 aliphatic carbocycles. The summed E-state index contributed by atoms with van der Waals surface area (Å²) in [5, 5.41) is 1.94. The van der Waals surface area contributed by atoms with Gasteiger partial charge in [-0.05, 0) is 72.2 Å². The highest BCUT2D eigenvalue weighted by Gasteiger charge is 2.35. The number of rotatable bonds is 5. The Balaban J connectivity index is 1.54. The Bertz CT molecular complexity index is 1060. The fourth-order valence-electron chi connectivity index (χ4n) is 4.28. The number of carbonyl (C=O) groups excluding carboxylic acids is 2. The first-order chi connectivity index (χ1) is 13.7. The van der Waals surface area contributed by atoms with Crippen molar-refractivity contribution in [2.75, 3.05) is 11.5 Å². The zero-order chi connectivity index (χ0) is 19.3. The van der Waals surface area contributed by atoms with E-state index in [0.717, 1.165) is 42.2 Å². The smallest absolute Gasteiger partial charge is 0.265 e. The van der Waals surface area contributed by atoms with E-state index < -0.39 is 0 Å². The number of hydrogen-bond donors (Lipinski definition) is 0. The molecule has 0 bridgehead atoms. The maximum Gasteiger partial charge on any atom is 0.265 e. The molecule has 0 unspecified atom stereocenters. The molecule has 5 rings (SSSR count). The van der Waals surface area contributed by atoms with Gasteiger partial charge in [-0.15, -0.1) is 0 Å². The lowest BCUT2D eigenvalue weighted by atomic mass is 9.91. The third-order valence-corrected chi connectivity index (χ3v) is 5.73. The van der Waals surface area contributed by atoms with Crippen LogP contribution in [0, 0.1) is 0 Å². The lowest BCUT2D eigenvalue weighted by molar-refractivity contribution is 0.0893. The van der Waals surface area contributed by atoms with Crippen molar-refractivity contribution in [1.29, 1.82) is 0 Å². The molecule has 0 N–H and O–H groups in total. The van der Waals surface area contributed by atoms with E-state index in [1.165, 1.54) is 16.0 Å². The predicted molar refractivity (Wildman–Crippen MR) is 109 cm³/mol. The molecule has 140 valence electrons. The quantitative estimate of drug-likeness (QED) is 0.472. The largest absolute Gasteiger partial charge is 0.494 e. The number of unbranched alkanes of at least 4 members (excludes halogenated alkanes) is 1. The van der Waals surface area contributed by atoms with Gasteiger partial charge in [-0.2, -0.15) is 0 Å². The molecule has 3 aromatic carbocycles. The number of benzene rings is 3. The van der Waals surface area contributed by atoms with Gasteiger partial charge in [0.05, 0.1) is 12.3 Å². The van der Waals surface area contributed by atoms with E-state index in [1.807, 2.05) is 36.4 Å². The van der Waals surface area contributed by atoms with E-state index in [1.54, 1.807) is 12.1 Å². The molecule has 0 radical (unpaired) electrons. The molecule has 1 heterocycles. The van der Waals surface area contributed by atoms with E-state index in [2.05, 4.69) is 6.92 Å². The van der Waals surface area contributed by atoms with Gasteiger partial charge < -0.3 is 4.74 Å². The van der Waals surface area contributed by atoms with E-state index in [9.17, 15) is 9.59 Å². The van der Waals surface area contributed by atoms with Crippen molar-refractivity contribution in [2.24, 2.45) is 0 Å². The van der Waals surface area contributed by atoms with Crippen LogP contribution in [-0.4, -0.2) is 18.4 Å². The standard InChI is InChI=1S/C24H21NO3/c1-2-3-14-28-18-10-8-17(9-11-18)25-23(26)19-12-6-15-4-5-16-7-13-20(24(25)27)22(19)21(15)16/h6-13H,2-5,14H2,1H3. The van der Waals surface area contributed by atoms with Gasteiger partial charge in [-0.1, -0.05) is 25.5 Å². The van der Waals surface area contributed by atoms with Gasteiger partial charge in [0.25, 0.3) is 11.8 Å². The molecule has 0 saturated heterocycles. The first-order valence-electron chi connectivity index (χ1n) is 9.88. The van der Waals surface area contributed by atoms with Crippen LogP contribution < -0.4 is 9.64 Å². The first kappa shape index (κ1) is 17.0. The zero-order valence-electron chi connectivity index (χ0n) is 15.8. The minimum absolute atomic E-state index is 0.257. The Morgan fingerprint density at radius 2 is 1.43 bits per heavy atom. The molecule has 0 aromatic heterocycles. The summed E-state index contributed by atoms with van der Waals surface area (Å²) in [4.78, 5) is 27.7. The molecule has 0 spiro atoms. The first-order valence-corrected chi connectivity index (χ1v) is 9.88. The van der Waals surface area contributed by atoms with Crippen LogP contribution in [0.25, 0.3) is 10.8 Å². The normalized spacial score (nSPS) is 14.8. The minimum Gasteiger partial charge on any atom is -0.494 e. The summed E-state index contributed by atoms with van der Waals surface area (Å²) in [6, 6.07) is 15.0. The summed E-state index contributed by atoms with van der Waals surface area (Å²) in [5.74, 6) is 0.234. The average Bonchev–Trinajstić information content (AvgIpc) is 3.14. The summed E-state index contributed by atoms with van der Waals surface area (Å²) in [5.41, 5.74) is 4.26. The topological polar surface area (TPSA) is 46.6 Å². The van der Waals surface area contributed by atoms with Crippen molar-refractivity contribution in [2.45, 2.75) is 32.6 Å². The van der Waals surface area contributed by atoms with Gasteiger partial charge in [-0.3, -0.25) is 9.59 Å². The summed E-state index contributed by atoms with van der Waals surface area (Å²) in [7, 11) is 0. The molecule has 4 nitrogen and oxygen atoms in total. The molecule has 0 saturated carbocycles. The number of ether oxygens (including phenoxy) is 1. The van der Waals surface area contributed by atoms with Crippen molar-refractivity contribution < 1.29 is 14.3 Å². The van der Waals surface area contributed by atoms with Gasteiger partial charge in [0, 0.05) is 16.5 Å². The van der Waals surface area contributed by atoms with E-state index in [0.29, 0.717) is 23.4 Å². The SMILES string of the molecule is CCCCOc1ccc(N2C(=O)c3ccc4c5c(ccc(c35)C2=O)CC4)cc1. The predicted octanol–water partition coefficient (Wildman–Crippen LogP) is 4.92. The maximum absolute atomic E-state index is 13.2. The van der Waals surface area contributed by atoms with Crippen molar-refractivity contribution in [3.8, 4) is 5.75 Å². The van der Waals surface area contributed by atoms with Crippen molar-refractivity contribution in [1.82, 2.24) is 0 Å². The summed E-state index contributed by atoms with van der Waals surface area (Å²) >= 11 is 0. The van der Waals surface area contributed by atoms with Crippen LogP contribution in [0.5, 0.6) is 5.75 Å². The molecule has 2 amide bonds. The molecule has 2 aliphatic rings. The third-order valence-electron chi connectivity index (χ3n) is 5.73. The third kappa shape index (κ3) is 2.44. The molecule has 0 atom stereocenters. The van der Waals surface area contributed by atoms with Gasteiger partial charge in [0.15, 0.2) is 0 Å². The second kappa shape index (κ2) is 6.48. The van der Waals surface area contributed by atoms with Gasteiger partial charge in [-0.25, -0.2) is 4.90 Å². The summed E-state index contributed by atoms with van der Waals surface area (Å²) in [6.07, 6.45) is 4.02. The van der Waals surface area contributed by atoms with Crippen molar-refractivity contribution in [3.05, 3.63) is 70.8 Å². The number of nitrogens with zero attached hydrogens (tertiary/aromatic N) is 1. The van der Waals surface area contributed by atoms with Crippen molar-refractivity contribution >= 4 is 28.3 Å². The van der Waals surface area contributed by atoms with Gasteiger partial charge >= 0.3 is 0 Å². The van der Waals surface area contributed by atoms with E-state index >= 15 is 0 Å². The molecular weight excluding hydrogens is 350 g/mol. The molecular formula is C24H21NO3. The number of imide groups is 1. The fourth-order valence-corrected chi connectivity index (χ4v) is 4.28. The molecule has 1 aliphatic heterocycles. The summed E-state index contributed by atoms with van der Waals surface area (Å²) in [6.45, 7) is 2.78. The van der Waals surface area contributed by atoms with Crippen LogP contribution in [0.4, 0.5) is 5.69 Å². The highest BCUT2D eigenvalue weighted by atomic mass is 16.5. The second-order valence-corrected chi connectivity index (χ2v) is 7.44. The lowest BCUT2D eigenvalue weighted by Gasteiger charge is -2.27. The Morgan fingerprint density at radius 3 is 2.00 bits per heavy atom. The number of anilines is 1. The van der Waals surface area contributed by atoms with Crippen LogP contribution in [0.1, 0.15) is 51.6 Å². The Morgan fingerprint density at radius 1 is 0.821 bits per heavy atom. The highest BCUT2D eigenvalue weighted by molar-refractivity contribution is 6.36. The highest BCUT2D eigenvalue weighted by Crippen LogP contribution is 2.39. The molecule has 4 heteroatoms. The average molecular weight is 371 g/mol. The van der Waals surface area contributed by atoms with E-state index in [-0.39, 0.29) is 11.8 Å². The minimum atomic E-state index is -0.257. The second-order valence-electron chi connectivity index (χ2n) is 7.44. The molecule has 0 fully saturated rings. The molecule has 28 heavy (non-hydrogen) atoms. The monoisotopic (exact) mass is 371 g/mol. The number of hydrogen-bond acceptors (Lipinski definition) is 3. The summed E-state index contributed by atoms with van der Waals surface area (Å²) < 4.78 is 5.69. The zero-order valence-corrected chi connectivity index (χ0v) is 15.8. The van der Waals surface area contributed by atoms with Crippen LogP contribution in [-0.2, 0) is 12.8 Å². The van der Waals surface area contributed by atoms with Gasteiger partial charge in [0.2, 0.25) is 0 Å². The Labute approximate surface area is 163 Å². The number of amides is 2. The van der Waals surface area contributed by atoms with Crippen LogP contribution in [0.3, 0.4) is 0 Å². The van der Waals surface area contributed by atoms with Crippen molar-refractivity contribution in [3.63, 3.8) is 0 Å². The lowest BCUT2D eigenvalue weighted by Crippen LogP contribution is -2.40. The maximum atomic E-state index is 13.2. The van der Waals surface area contributed by atoms with Gasteiger partial charge in [0.1, 0.15) is 5.75 Å². The Hall–Kier alpha value is -3.14. The fraction of sp³-hybridized carbons (Fsp3) is 0.250. The molecule has 3 aromatic rings. The van der Waals surface area contributed by atoms with Crippen LogP contribution >= 0.6 is 0 Å². The van der Waals surface area contributed by atoms with E-state index in [4.69, 9.17) is 4.74 Å². The number of aryl methyl sites for hydroxylation is 2. The van der Waals surface area contributed by atoms with Crippen LogP contribution in [0.15, 0.2) is 48.5 Å².